The molecule has 1 unspecified atom stereocenters. The Bertz CT molecular complexity index is 7190. The highest BCUT2D eigenvalue weighted by Gasteiger charge is 2.28. The molecule has 1 atom stereocenters. The lowest BCUT2D eigenvalue weighted by molar-refractivity contribution is 0.628. The number of nitrogens with zero attached hydrogens (tertiary/aromatic N) is 5. The molecule has 0 aliphatic carbocycles. The zero-order valence-electron chi connectivity index (χ0n) is 54.0. The second kappa shape index (κ2) is 21.8. The zero-order valence-corrected chi connectivity index (χ0v) is 54.0. The third-order valence-electron chi connectivity index (χ3n) is 20.2. The predicted octanol–water partition coefficient (Wildman–Crippen LogP) is 23.8. The maximum atomic E-state index is 6.95. The molecule has 12 nitrogen and oxygen atoms in total. The van der Waals surface area contributed by atoms with E-state index in [0.29, 0.717) is 34.7 Å². The molecule has 7 aromatic heterocycles. The van der Waals surface area contributed by atoms with Gasteiger partial charge in [0.2, 0.25) is 0 Å². The summed E-state index contributed by atoms with van der Waals surface area (Å²) in [5, 5.41) is 15.9. The van der Waals surface area contributed by atoms with Gasteiger partial charge in [0.1, 0.15) is 72.8 Å². The molecule has 1 N–H and O–H groups in total. The Morgan fingerprint density at radius 1 is 0.235 bits per heavy atom. The largest absolute Gasteiger partial charge is 0.456 e. The molecule has 0 radical (unpaired) electrons. The van der Waals surface area contributed by atoms with Crippen LogP contribution in [0.1, 0.15) is 22.9 Å². The highest BCUT2D eigenvalue weighted by Crippen LogP contribution is 2.46. The van der Waals surface area contributed by atoms with Crippen LogP contribution in [0.5, 0.6) is 0 Å². The predicted molar refractivity (Wildman–Crippen MR) is 408 cm³/mol. The number of hydrogen-bond acceptors (Lipinski definition) is 12. The van der Waals surface area contributed by atoms with E-state index in [1.54, 1.807) is 0 Å². The van der Waals surface area contributed by atoms with Crippen molar-refractivity contribution in [3.05, 3.63) is 308 Å². The fourth-order valence-corrected chi connectivity index (χ4v) is 15.3. The van der Waals surface area contributed by atoms with Gasteiger partial charge in [-0.3, -0.25) is 0 Å². The van der Waals surface area contributed by atoms with Crippen LogP contribution in [0.15, 0.2) is 328 Å². The van der Waals surface area contributed by atoms with Gasteiger partial charge in [-0.15, -0.1) is 0 Å². The first kappa shape index (κ1) is 56.1. The fraction of sp³-hybridized carbons (Fsp3) is 0.0111. The van der Waals surface area contributed by atoms with Crippen molar-refractivity contribution < 1.29 is 26.5 Å². The molecule has 14 aromatic carbocycles. The van der Waals surface area contributed by atoms with E-state index >= 15 is 0 Å². The van der Waals surface area contributed by atoms with Gasteiger partial charge in [0.25, 0.3) is 0 Å². The Morgan fingerprint density at radius 2 is 0.637 bits per heavy atom. The summed E-state index contributed by atoms with van der Waals surface area (Å²) in [5.74, 6) is 2.82. The van der Waals surface area contributed by atoms with E-state index in [-0.39, 0.29) is 0 Å². The summed E-state index contributed by atoms with van der Waals surface area (Å²) >= 11 is 0. The highest BCUT2D eigenvalue weighted by molar-refractivity contribution is 6.18. The van der Waals surface area contributed by atoms with Crippen LogP contribution >= 0.6 is 0 Å². The van der Waals surface area contributed by atoms with Gasteiger partial charge in [-0.25, -0.2) is 24.9 Å². The molecule has 0 spiro atoms. The molecule has 0 saturated heterocycles. The number of para-hydroxylation sites is 5. The maximum absolute atomic E-state index is 6.95. The molecule has 476 valence electrons. The number of fused-ring (bicyclic) bond motifs is 18. The molecular weight excluding hydrogens is 1260 g/mol. The summed E-state index contributed by atoms with van der Waals surface area (Å²) in [6.45, 7) is 0. The number of rotatable bonds is 9. The average Bonchev–Trinajstić information content (AvgIpc) is 1.50. The quantitative estimate of drug-likeness (QED) is 0.148. The standard InChI is InChI=1S/C90H50N6O6/c1-3-16-49(17-4-1)85-91-87(53-30-35-63-59-20-7-11-26-73(59)97-79(63)46-53)94-88(92-85)54-31-36-65-69-41-52(34-39-78(69)99-80(65)47-54)67-42-56(43-70-61-22-9-13-28-75(61)101-83(67)70)57-44-71-62-23-10-14-29-76(62)102-84(71)72(45-57)90-95-86(50-18-5-2-6-19-50)93-89(96-90)55-32-37-64-68-40-51(33-38-77(68)98-81(64)48-55)58-24-15-25-66-60-21-8-12-27-74(60)100-82(58)66/h1-48,90H,(H,93,95,96). The number of aromatic nitrogens is 3. The summed E-state index contributed by atoms with van der Waals surface area (Å²) in [4.78, 5) is 26.1. The molecule has 12 heteroatoms. The van der Waals surface area contributed by atoms with Crippen molar-refractivity contribution in [2.24, 2.45) is 9.98 Å². The van der Waals surface area contributed by atoms with Gasteiger partial charge in [-0.2, -0.15) is 0 Å². The number of hydrogen-bond donors (Lipinski definition) is 1. The van der Waals surface area contributed by atoms with Crippen LogP contribution in [0, 0.1) is 0 Å². The van der Waals surface area contributed by atoms with Gasteiger partial charge >= 0.3 is 0 Å². The number of nitrogens with one attached hydrogen (secondary N) is 1. The molecule has 102 heavy (non-hydrogen) atoms. The minimum Gasteiger partial charge on any atom is -0.456 e. The van der Waals surface area contributed by atoms with E-state index in [0.717, 1.165) is 193 Å². The molecule has 8 heterocycles. The molecule has 1 aliphatic heterocycles. The fourth-order valence-electron chi connectivity index (χ4n) is 15.3. The third kappa shape index (κ3) is 8.86. The Morgan fingerprint density at radius 3 is 1.24 bits per heavy atom. The van der Waals surface area contributed by atoms with Crippen LogP contribution in [0.3, 0.4) is 0 Å². The van der Waals surface area contributed by atoms with Crippen molar-refractivity contribution in [2.75, 3.05) is 0 Å². The minimum absolute atomic E-state index is 0.516. The van der Waals surface area contributed by atoms with Crippen molar-refractivity contribution in [3.8, 4) is 67.5 Å². The second-order valence-corrected chi connectivity index (χ2v) is 26.2. The molecule has 22 rings (SSSR count). The molecule has 0 fully saturated rings. The summed E-state index contributed by atoms with van der Waals surface area (Å²) in [6.07, 6.45) is -0.655. The van der Waals surface area contributed by atoms with Gasteiger partial charge in [0.15, 0.2) is 29.5 Å². The lowest BCUT2D eigenvalue weighted by atomic mass is 9.92. The molecule has 1 aliphatic rings. The molecule has 0 saturated carbocycles. The Kier molecular flexibility index (Phi) is 12.0. The van der Waals surface area contributed by atoms with E-state index in [9.17, 15) is 0 Å². The zero-order chi connectivity index (χ0) is 66.7. The van der Waals surface area contributed by atoms with Crippen LogP contribution in [-0.4, -0.2) is 26.6 Å². The Balaban J connectivity index is 0.664. The van der Waals surface area contributed by atoms with Gasteiger partial charge in [0, 0.05) is 109 Å². The minimum atomic E-state index is -0.655. The Hall–Kier alpha value is -14.0. The molecule has 0 amide bonds. The molecular formula is C90H50N6O6. The number of amidine groups is 2. The summed E-state index contributed by atoms with van der Waals surface area (Å²) in [5.41, 5.74) is 20.2. The first-order valence-corrected chi connectivity index (χ1v) is 33.9. The van der Waals surface area contributed by atoms with E-state index in [1.807, 2.05) is 127 Å². The van der Waals surface area contributed by atoms with E-state index in [2.05, 4.69) is 169 Å². The van der Waals surface area contributed by atoms with E-state index in [1.165, 1.54) is 0 Å². The van der Waals surface area contributed by atoms with Gasteiger partial charge in [0.05, 0.1) is 0 Å². The molecule has 0 bridgehead atoms. The van der Waals surface area contributed by atoms with Gasteiger partial charge < -0.3 is 31.8 Å². The van der Waals surface area contributed by atoms with E-state index in [4.69, 9.17) is 51.4 Å². The second-order valence-electron chi connectivity index (χ2n) is 26.2. The maximum Gasteiger partial charge on any atom is 0.164 e. The van der Waals surface area contributed by atoms with Crippen LogP contribution in [0.4, 0.5) is 0 Å². The van der Waals surface area contributed by atoms with Crippen LogP contribution in [0.25, 0.3) is 199 Å². The van der Waals surface area contributed by atoms with Crippen molar-refractivity contribution >= 4 is 143 Å². The number of benzene rings is 14. The van der Waals surface area contributed by atoms with E-state index < -0.39 is 6.17 Å². The topological polar surface area (TPSA) is 154 Å². The van der Waals surface area contributed by atoms with Gasteiger partial charge in [-0.1, -0.05) is 182 Å². The van der Waals surface area contributed by atoms with Crippen LogP contribution < -0.4 is 5.32 Å². The molecule has 21 aromatic rings. The SMILES string of the molecule is c1ccc(C2=NC(c3ccc4c(c3)oc3ccc(-c5cccc6c5oc5ccccc56)cc34)=NC(c3cc(-c4cc(-c5ccc6oc7cc(-c8nc(-c9ccccc9)nc(-c9ccc%10c(c9)oc9ccccc9%10)n8)ccc7c6c5)c5oc6ccccc6c5c4)cc4c3oc3ccccc34)N2)cc1. The summed E-state index contributed by atoms with van der Waals surface area (Å²) in [6, 6.07) is 99.6. The lowest BCUT2D eigenvalue weighted by Gasteiger charge is -2.24. The summed E-state index contributed by atoms with van der Waals surface area (Å²) < 4.78 is 40.2. The highest BCUT2D eigenvalue weighted by atomic mass is 16.3. The smallest absolute Gasteiger partial charge is 0.164 e. The average molecular weight is 1310 g/mol. The van der Waals surface area contributed by atoms with Gasteiger partial charge in [-0.05, 0) is 131 Å². The van der Waals surface area contributed by atoms with Crippen molar-refractivity contribution in [3.63, 3.8) is 0 Å². The number of aliphatic imine (C=N–C) groups is 2. The number of furan rings is 6. The monoisotopic (exact) mass is 1310 g/mol. The first-order chi connectivity index (χ1) is 50.4. The summed E-state index contributed by atoms with van der Waals surface area (Å²) in [7, 11) is 0. The normalized spacial score (nSPS) is 13.6. The van der Waals surface area contributed by atoms with Crippen molar-refractivity contribution in [2.45, 2.75) is 6.17 Å². The lowest BCUT2D eigenvalue weighted by Crippen LogP contribution is -2.33. The Labute approximate surface area is 578 Å². The van der Waals surface area contributed by atoms with Crippen molar-refractivity contribution in [1.29, 1.82) is 0 Å². The van der Waals surface area contributed by atoms with Crippen LogP contribution in [-0.2, 0) is 0 Å². The first-order valence-electron chi connectivity index (χ1n) is 33.9. The van der Waals surface area contributed by atoms with Crippen LogP contribution in [0.2, 0.25) is 0 Å². The third-order valence-corrected chi connectivity index (χ3v) is 20.2. The van der Waals surface area contributed by atoms with Crippen molar-refractivity contribution in [1.82, 2.24) is 20.3 Å².